The molecule has 2 rings (SSSR count). The summed E-state index contributed by atoms with van der Waals surface area (Å²) in [7, 11) is 0. The van der Waals surface area contributed by atoms with Gasteiger partial charge >= 0.3 is 5.97 Å². The monoisotopic (exact) mass is 152 g/mol. The van der Waals surface area contributed by atoms with Crippen molar-refractivity contribution in [2.75, 3.05) is 0 Å². The molecule has 0 fully saturated rings. The quantitative estimate of drug-likeness (QED) is 0.320. The third kappa shape index (κ3) is 0.756. The Kier molecular flexibility index (Phi) is 1.09. The van der Waals surface area contributed by atoms with Crippen LogP contribution in [0, 0.1) is 0 Å². The molecule has 0 spiro atoms. The topological polar surface area (TPSA) is 50.4 Å². The zero-order chi connectivity index (χ0) is 7.84. The summed E-state index contributed by atoms with van der Waals surface area (Å²) < 4.78 is 5.59. The van der Waals surface area contributed by atoms with Gasteiger partial charge in [-0.25, -0.2) is 4.79 Å². The molecule has 1 aromatic rings. The number of esters is 1. The Morgan fingerprint density at radius 1 is 1.64 bits per heavy atom. The maximum atomic E-state index is 10.9. The average molecular weight is 152 g/mol. The Labute approximate surface area is 62.6 Å². The highest BCUT2D eigenvalue weighted by molar-refractivity contribution is 5.92. The van der Waals surface area contributed by atoms with Gasteiger partial charge in [0.25, 0.3) is 5.69 Å². The normalized spacial score (nSPS) is 14.4. The first-order valence-electron chi connectivity index (χ1n) is 3.19. The number of aromatic nitrogens is 1. The van der Waals surface area contributed by atoms with Crippen LogP contribution in [-0.4, -0.2) is 11.2 Å². The predicted octanol–water partition coefficient (Wildman–Crippen LogP) is -0.118. The van der Waals surface area contributed by atoms with Crippen LogP contribution in [0.15, 0.2) is 18.3 Å². The number of ether oxygens (including phenoxy) is 1. The molecular formula is C7H6NO3+. The minimum absolute atomic E-state index is 0.158. The molecule has 1 aliphatic heterocycles. The van der Waals surface area contributed by atoms with E-state index in [2.05, 4.69) is 4.74 Å². The van der Waals surface area contributed by atoms with Gasteiger partial charge in [-0.2, -0.15) is 0 Å². The van der Waals surface area contributed by atoms with Crippen LogP contribution < -0.4 is 4.73 Å². The number of rotatable bonds is 0. The van der Waals surface area contributed by atoms with E-state index in [1.54, 1.807) is 12.1 Å². The van der Waals surface area contributed by atoms with Crippen LogP contribution in [0.3, 0.4) is 0 Å². The lowest BCUT2D eigenvalue weighted by molar-refractivity contribution is -0.910. The van der Waals surface area contributed by atoms with Crippen molar-refractivity contribution in [2.45, 2.75) is 6.61 Å². The first-order chi connectivity index (χ1) is 5.29. The molecule has 0 amide bonds. The molecule has 0 aromatic carbocycles. The van der Waals surface area contributed by atoms with Gasteiger partial charge in [0.05, 0.1) is 0 Å². The van der Waals surface area contributed by atoms with Crippen molar-refractivity contribution in [3.8, 4) is 0 Å². The Balaban J connectivity index is 2.66. The van der Waals surface area contributed by atoms with Crippen LogP contribution in [0.2, 0.25) is 0 Å². The van der Waals surface area contributed by atoms with E-state index in [1.807, 2.05) is 0 Å². The molecule has 0 atom stereocenters. The Hall–Kier alpha value is -1.58. The summed E-state index contributed by atoms with van der Waals surface area (Å²) in [6.45, 7) is 0.158. The van der Waals surface area contributed by atoms with Crippen LogP contribution in [0.1, 0.15) is 16.1 Å². The largest absolute Gasteiger partial charge is 0.450 e. The van der Waals surface area contributed by atoms with Crippen molar-refractivity contribution >= 4 is 5.97 Å². The summed E-state index contributed by atoms with van der Waals surface area (Å²) in [5, 5.41) is 9.13. The van der Waals surface area contributed by atoms with E-state index in [-0.39, 0.29) is 12.6 Å². The van der Waals surface area contributed by atoms with Gasteiger partial charge < -0.3 is 4.74 Å². The number of cyclic esters (lactones) is 1. The molecule has 4 heteroatoms. The molecular weight excluding hydrogens is 146 g/mol. The number of hydrogen-bond acceptors (Lipinski definition) is 3. The Bertz CT molecular complexity index is 321. The smallest absolute Gasteiger partial charge is 0.345 e. The molecule has 11 heavy (non-hydrogen) atoms. The van der Waals surface area contributed by atoms with E-state index in [0.717, 1.165) is 4.73 Å². The van der Waals surface area contributed by atoms with E-state index in [4.69, 9.17) is 5.21 Å². The third-order valence-electron chi connectivity index (χ3n) is 1.64. The second-order valence-electron chi connectivity index (χ2n) is 2.29. The van der Waals surface area contributed by atoms with Gasteiger partial charge in [0.15, 0.2) is 6.61 Å². The number of hydrogen-bond donors (Lipinski definition) is 1. The fourth-order valence-electron chi connectivity index (χ4n) is 1.07. The fraction of sp³-hybridized carbons (Fsp3) is 0.143. The molecule has 0 bridgehead atoms. The third-order valence-corrected chi connectivity index (χ3v) is 1.64. The molecule has 1 aliphatic rings. The van der Waals surface area contributed by atoms with Crippen LogP contribution >= 0.6 is 0 Å². The Morgan fingerprint density at radius 2 is 2.45 bits per heavy atom. The highest BCUT2D eigenvalue weighted by Crippen LogP contribution is 2.14. The van der Waals surface area contributed by atoms with E-state index in [9.17, 15) is 4.79 Å². The summed E-state index contributed by atoms with van der Waals surface area (Å²) >= 11 is 0. The number of carbonyl (C=O) groups is 1. The standard InChI is InChI=1S/C7H6NO3/c9-7-5-2-1-3-8(10)6(5)4-11-7/h1-3,10H,4H2/q+1. The Morgan fingerprint density at radius 3 is 3.18 bits per heavy atom. The van der Waals surface area contributed by atoms with Gasteiger partial charge in [-0.1, -0.05) is 0 Å². The number of pyridine rings is 1. The minimum Gasteiger partial charge on any atom is -0.450 e. The lowest BCUT2D eigenvalue weighted by atomic mass is 10.2. The molecule has 0 saturated carbocycles. The summed E-state index contributed by atoms with van der Waals surface area (Å²) in [6, 6.07) is 3.21. The predicted molar refractivity (Wildman–Crippen MR) is 32.9 cm³/mol. The van der Waals surface area contributed by atoms with Crippen molar-refractivity contribution in [1.82, 2.24) is 0 Å². The first-order valence-corrected chi connectivity index (χ1v) is 3.19. The number of carbonyl (C=O) groups excluding carboxylic acids is 1. The highest BCUT2D eigenvalue weighted by Gasteiger charge is 2.30. The summed E-state index contributed by atoms with van der Waals surface area (Å²) in [4.78, 5) is 10.9. The molecule has 1 aromatic heterocycles. The van der Waals surface area contributed by atoms with Gasteiger partial charge in [-0.05, 0) is 6.07 Å². The van der Waals surface area contributed by atoms with Gasteiger partial charge in [0.1, 0.15) is 5.56 Å². The second kappa shape index (κ2) is 1.95. The van der Waals surface area contributed by atoms with E-state index < -0.39 is 0 Å². The first kappa shape index (κ1) is 6.15. The van der Waals surface area contributed by atoms with Crippen molar-refractivity contribution in [3.63, 3.8) is 0 Å². The highest BCUT2D eigenvalue weighted by atomic mass is 16.5. The molecule has 0 aliphatic carbocycles. The number of fused-ring (bicyclic) bond motifs is 1. The van der Waals surface area contributed by atoms with E-state index in [1.165, 1.54) is 6.20 Å². The number of nitrogens with zero attached hydrogens (tertiary/aromatic N) is 1. The maximum absolute atomic E-state index is 10.9. The van der Waals surface area contributed by atoms with E-state index >= 15 is 0 Å². The maximum Gasteiger partial charge on any atom is 0.345 e. The van der Waals surface area contributed by atoms with Crippen LogP contribution in [0.25, 0.3) is 0 Å². The molecule has 2 heterocycles. The van der Waals surface area contributed by atoms with Gasteiger partial charge in [0.2, 0.25) is 6.20 Å². The fourth-order valence-corrected chi connectivity index (χ4v) is 1.07. The molecule has 4 nitrogen and oxygen atoms in total. The molecule has 0 radical (unpaired) electrons. The average Bonchev–Trinajstić information content (AvgIpc) is 2.35. The van der Waals surface area contributed by atoms with Crippen molar-refractivity contribution in [3.05, 3.63) is 29.6 Å². The lowest BCUT2D eigenvalue weighted by Crippen LogP contribution is -2.34. The zero-order valence-corrected chi connectivity index (χ0v) is 5.65. The summed E-state index contributed by atoms with van der Waals surface area (Å²) in [5.74, 6) is -0.372. The molecule has 1 N–H and O–H groups in total. The molecule has 56 valence electrons. The SMILES string of the molecule is O=C1OCc2c1ccc[n+]2O. The second-order valence-corrected chi connectivity index (χ2v) is 2.29. The van der Waals surface area contributed by atoms with Crippen LogP contribution in [-0.2, 0) is 11.3 Å². The summed E-state index contributed by atoms with van der Waals surface area (Å²) in [6.07, 6.45) is 1.46. The van der Waals surface area contributed by atoms with Crippen molar-refractivity contribution in [2.24, 2.45) is 0 Å². The van der Waals surface area contributed by atoms with Gasteiger partial charge in [-0.3, -0.25) is 5.21 Å². The van der Waals surface area contributed by atoms with Crippen molar-refractivity contribution < 1.29 is 19.5 Å². The molecule has 0 unspecified atom stereocenters. The minimum atomic E-state index is -0.372. The molecule has 0 saturated heterocycles. The van der Waals surface area contributed by atoms with Crippen molar-refractivity contribution in [1.29, 1.82) is 0 Å². The summed E-state index contributed by atoms with van der Waals surface area (Å²) in [5.41, 5.74) is 0.951. The van der Waals surface area contributed by atoms with Gasteiger partial charge in [0, 0.05) is 10.8 Å². The van der Waals surface area contributed by atoms with Crippen LogP contribution in [0.5, 0.6) is 0 Å². The lowest BCUT2D eigenvalue weighted by Gasteiger charge is -1.86. The van der Waals surface area contributed by atoms with E-state index in [0.29, 0.717) is 11.3 Å². The zero-order valence-electron chi connectivity index (χ0n) is 5.65. The van der Waals surface area contributed by atoms with Crippen LogP contribution in [0.4, 0.5) is 0 Å². The van der Waals surface area contributed by atoms with Gasteiger partial charge in [-0.15, -0.1) is 0 Å².